The smallest absolute Gasteiger partial charge is 0.318 e. The molecule has 2 aromatic carbocycles. The maximum Gasteiger partial charge on any atom is 0.339 e. The molecule has 2 amide bonds. The third kappa shape index (κ3) is 4.51. The Labute approximate surface area is 173 Å². The van der Waals surface area contributed by atoms with Gasteiger partial charge in [-0.2, -0.15) is 5.10 Å². The minimum atomic E-state index is -0.389. The van der Waals surface area contributed by atoms with Crippen molar-refractivity contribution in [1.29, 1.82) is 0 Å². The van der Waals surface area contributed by atoms with Crippen molar-refractivity contribution in [3.05, 3.63) is 81.6 Å². The highest BCUT2D eigenvalue weighted by Gasteiger charge is 2.11. The highest BCUT2D eigenvalue weighted by atomic mass is 79.9. The number of carbonyl (C=O) groups excluding carboxylic acids is 1. The predicted octanol–water partition coefficient (Wildman–Crippen LogP) is 5.57. The van der Waals surface area contributed by atoms with Crippen LogP contribution in [0, 0.1) is 13.8 Å². The lowest BCUT2D eigenvalue weighted by Crippen LogP contribution is -2.24. The fourth-order valence-corrected chi connectivity index (χ4v) is 3.60. The number of urea groups is 1. The fraction of sp³-hybridized carbons (Fsp3) is 0.182. The number of para-hydroxylation sites is 1. The number of rotatable bonds is 5. The van der Waals surface area contributed by atoms with Gasteiger partial charge in [0.25, 0.3) is 0 Å². The van der Waals surface area contributed by atoms with E-state index in [9.17, 15) is 4.79 Å². The van der Waals surface area contributed by atoms with Crippen LogP contribution in [0.4, 0.5) is 10.5 Å². The summed E-state index contributed by atoms with van der Waals surface area (Å²) in [5, 5.41) is 6.84. The Hall–Kier alpha value is -2.86. The van der Waals surface area contributed by atoms with Crippen LogP contribution >= 0.6 is 15.9 Å². The minimum absolute atomic E-state index is 0.389. The zero-order valence-electron chi connectivity index (χ0n) is 16.2. The van der Waals surface area contributed by atoms with Gasteiger partial charge in [-0.05, 0) is 56.2 Å². The molecule has 3 rings (SSSR count). The van der Waals surface area contributed by atoms with Gasteiger partial charge in [0, 0.05) is 32.8 Å². The van der Waals surface area contributed by atoms with Crippen LogP contribution < -0.4 is 10.7 Å². The molecule has 0 unspecified atom stereocenters. The average molecular weight is 439 g/mol. The number of halogens is 1. The summed E-state index contributed by atoms with van der Waals surface area (Å²) in [6, 6.07) is 17.5. The molecule has 2 N–H and O–H groups in total. The normalized spacial score (nSPS) is 11.0. The first-order valence-corrected chi connectivity index (χ1v) is 9.91. The number of nitrogens with one attached hydrogen (secondary N) is 2. The maximum absolute atomic E-state index is 12.0. The molecular weight excluding hydrogens is 416 g/mol. The molecule has 6 heteroatoms. The molecule has 0 fully saturated rings. The summed E-state index contributed by atoms with van der Waals surface area (Å²) < 4.78 is 3.12. The van der Waals surface area contributed by atoms with Gasteiger partial charge < -0.3 is 9.88 Å². The number of hydrogen-bond donors (Lipinski definition) is 2. The molecule has 144 valence electrons. The molecule has 0 aliphatic carbocycles. The second kappa shape index (κ2) is 8.89. The van der Waals surface area contributed by atoms with Crippen molar-refractivity contribution >= 4 is 33.9 Å². The van der Waals surface area contributed by atoms with Crippen LogP contribution in [0.15, 0.2) is 64.2 Å². The number of amides is 2. The molecule has 0 aliphatic rings. The van der Waals surface area contributed by atoms with E-state index in [4.69, 9.17) is 0 Å². The minimum Gasteiger partial charge on any atom is -0.318 e. The lowest BCUT2D eigenvalue weighted by Gasteiger charge is -2.13. The van der Waals surface area contributed by atoms with Gasteiger partial charge in [-0.25, -0.2) is 10.2 Å². The molecule has 0 spiro atoms. The standard InChI is InChI=1S/C22H23BrN4O/c1-4-17-8-5-6-11-21(17)27-15(2)12-18(16(27)3)14-24-26-22(28)25-20-10-7-9-19(23)13-20/h5-14H,4H2,1-3H3,(H2,25,26,28)/b24-14+. The Balaban J connectivity index is 1.74. The van der Waals surface area contributed by atoms with Gasteiger partial charge in [0.2, 0.25) is 0 Å². The van der Waals surface area contributed by atoms with Crippen molar-refractivity contribution in [2.45, 2.75) is 27.2 Å². The Morgan fingerprint density at radius 2 is 1.93 bits per heavy atom. The van der Waals surface area contributed by atoms with Crippen LogP contribution in [-0.4, -0.2) is 16.8 Å². The fourth-order valence-electron chi connectivity index (χ4n) is 3.20. The van der Waals surface area contributed by atoms with Crippen molar-refractivity contribution in [2.75, 3.05) is 5.32 Å². The summed E-state index contributed by atoms with van der Waals surface area (Å²) in [5.74, 6) is 0. The second-order valence-electron chi connectivity index (χ2n) is 6.48. The van der Waals surface area contributed by atoms with Gasteiger partial charge in [-0.15, -0.1) is 0 Å². The highest BCUT2D eigenvalue weighted by molar-refractivity contribution is 9.10. The maximum atomic E-state index is 12.0. The van der Waals surface area contributed by atoms with Gasteiger partial charge in [-0.3, -0.25) is 0 Å². The van der Waals surface area contributed by atoms with E-state index < -0.39 is 0 Å². The number of benzene rings is 2. The molecule has 0 radical (unpaired) electrons. The Morgan fingerprint density at radius 3 is 2.68 bits per heavy atom. The lowest BCUT2D eigenvalue weighted by molar-refractivity contribution is 0.252. The Kier molecular flexibility index (Phi) is 6.31. The third-order valence-corrected chi connectivity index (χ3v) is 5.03. The molecule has 0 aliphatic heterocycles. The molecule has 28 heavy (non-hydrogen) atoms. The summed E-state index contributed by atoms with van der Waals surface area (Å²) in [6.45, 7) is 6.29. The van der Waals surface area contributed by atoms with E-state index in [1.54, 1.807) is 6.21 Å². The van der Waals surface area contributed by atoms with Crippen LogP contribution in [0.2, 0.25) is 0 Å². The molecule has 1 heterocycles. The summed E-state index contributed by atoms with van der Waals surface area (Å²) in [6.07, 6.45) is 2.64. The van der Waals surface area contributed by atoms with E-state index in [0.29, 0.717) is 5.69 Å². The molecule has 0 saturated heterocycles. The quantitative estimate of drug-likeness (QED) is 0.396. The van der Waals surface area contributed by atoms with E-state index in [2.05, 4.69) is 87.4 Å². The molecule has 0 bridgehead atoms. The number of hydrogen-bond acceptors (Lipinski definition) is 2. The number of hydrazone groups is 1. The summed E-state index contributed by atoms with van der Waals surface area (Å²) >= 11 is 3.38. The van der Waals surface area contributed by atoms with E-state index in [1.165, 1.54) is 11.3 Å². The van der Waals surface area contributed by atoms with Crippen molar-refractivity contribution in [3.63, 3.8) is 0 Å². The zero-order chi connectivity index (χ0) is 20.1. The lowest BCUT2D eigenvalue weighted by atomic mass is 10.1. The number of anilines is 1. The molecular formula is C22H23BrN4O. The van der Waals surface area contributed by atoms with Crippen LogP contribution in [0.3, 0.4) is 0 Å². The second-order valence-corrected chi connectivity index (χ2v) is 7.39. The summed E-state index contributed by atoms with van der Waals surface area (Å²) in [4.78, 5) is 12.0. The number of nitrogens with zero attached hydrogens (tertiary/aromatic N) is 2. The predicted molar refractivity (Wildman–Crippen MR) is 119 cm³/mol. The summed E-state index contributed by atoms with van der Waals surface area (Å²) in [7, 11) is 0. The Morgan fingerprint density at radius 1 is 1.14 bits per heavy atom. The van der Waals surface area contributed by atoms with E-state index in [-0.39, 0.29) is 6.03 Å². The van der Waals surface area contributed by atoms with Gasteiger partial charge in [0.05, 0.1) is 6.21 Å². The zero-order valence-corrected chi connectivity index (χ0v) is 17.7. The van der Waals surface area contributed by atoms with Crippen molar-refractivity contribution < 1.29 is 4.79 Å². The van der Waals surface area contributed by atoms with Crippen LogP contribution in [0.25, 0.3) is 5.69 Å². The summed E-state index contributed by atoms with van der Waals surface area (Å²) in [5.41, 5.74) is 8.84. The third-order valence-electron chi connectivity index (χ3n) is 4.54. The monoisotopic (exact) mass is 438 g/mol. The van der Waals surface area contributed by atoms with E-state index in [0.717, 1.165) is 27.8 Å². The highest BCUT2D eigenvalue weighted by Crippen LogP contribution is 2.23. The van der Waals surface area contributed by atoms with Crippen LogP contribution in [0.1, 0.15) is 29.4 Å². The molecule has 0 atom stereocenters. The number of carbonyl (C=O) groups is 1. The van der Waals surface area contributed by atoms with E-state index >= 15 is 0 Å². The van der Waals surface area contributed by atoms with Gasteiger partial charge in [0.1, 0.15) is 0 Å². The number of aryl methyl sites for hydroxylation is 2. The average Bonchev–Trinajstić information content (AvgIpc) is 2.95. The topological polar surface area (TPSA) is 58.4 Å². The van der Waals surface area contributed by atoms with Crippen molar-refractivity contribution in [1.82, 2.24) is 9.99 Å². The van der Waals surface area contributed by atoms with Gasteiger partial charge >= 0.3 is 6.03 Å². The Bertz CT molecular complexity index is 1020. The SMILES string of the molecule is CCc1ccccc1-n1c(C)cc(/C=N/NC(=O)Nc2cccc(Br)c2)c1C. The van der Waals surface area contributed by atoms with Crippen molar-refractivity contribution in [3.8, 4) is 5.69 Å². The molecule has 3 aromatic rings. The van der Waals surface area contributed by atoms with E-state index in [1.807, 2.05) is 24.3 Å². The van der Waals surface area contributed by atoms with Gasteiger partial charge in [-0.1, -0.05) is 47.1 Å². The number of aromatic nitrogens is 1. The first-order valence-electron chi connectivity index (χ1n) is 9.12. The molecule has 1 aromatic heterocycles. The largest absolute Gasteiger partial charge is 0.339 e. The van der Waals surface area contributed by atoms with Gasteiger partial charge in [0.15, 0.2) is 0 Å². The first kappa shape index (κ1) is 19.9. The molecule has 5 nitrogen and oxygen atoms in total. The first-order chi connectivity index (χ1) is 13.5. The van der Waals surface area contributed by atoms with Crippen LogP contribution in [-0.2, 0) is 6.42 Å². The molecule has 0 saturated carbocycles. The van der Waals surface area contributed by atoms with Crippen molar-refractivity contribution in [2.24, 2.45) is 5.10 Å². The van der Waals surface area contributed by atoms with Crippen LogP contribution in [0.5, 0.6) is 0 Å².